The molecule has 0 fully saturated rings. The van der Waals surface area contributed by atoms with Crippen molar-refractivity contribution in [3.63, 3.8) is 0 Å². The second-order valence-corrected chi connectivity index (χ2v) is 4.74. The smallest absolute Gasteiger partial charge is 0.427 e. The van der Waals surface area contributed by atoms with E-state index in [1.54, 1.807) is 25.2 Å². The number of nitrogens with zero attached hydrogens (tertiary/aromatic N) is 3. The van der Waals surface area contributed by atoms with E-state index >= 15 is 0 Å². The molecule has 0 amide bonds. The van der Waals surface area contributed by atoms with Crippen molar-refractivity contribution in [3.05, 3.63) is 44.1 Å². The molecule has 0 saturated heterocycles. The molecule has 18 heavy (non-hydrogen) atoms. The van der Waals surface area contributed by atoms with E-state index in [2.05, 4.69) is 20.9 Å². The van der Waals surface area contributed by atoms with Crippen LogP contribution in [-0.4, -0.2) is 14.5 Å². The maximum atomic E-state index is 10.8. The second-order valence-electron chi connectivity index (χ2n) is 3.42. The van der Waals surface area contributed by atoms with Gasteiger partial charge in [-0.05, 0) is 28.1 Å². The van der Waals surface area contributed by atoms with Crippen LogP contribution in [0, 0.1) is 10.1 Å². The summed E-state index contributed by atoms with van der Waals surface area (Å²) < 4.78 is 7.64. The van der Waals surface area contributed by atoms with Gasteiger partial charge in [-0.15, -0.1) is 0 Å². The topological polar surface area (TPSA) is 70.2 Å². The summed E-state index contributed by atoms with van der Waals surface area (Å²) in [7, 11) is 1.60. The predicted molar refractivity (Wildman–Crippen MR) is 69.1 cm³/mol. The van der Waals surface area contributed by atoms with Crippen LogP contribution in [0.25, 0.3) is 0 Å². The molecule has 0 spiro atoms. The van der Waals surface area contributed by atoms with Crippen molar-refractivity contribution in [2.24, 2.45) is 7.05 Å². The Balaban J connectivity index is 2.39. The third-order valence-electron chi connectivity index (χ3n) is 2.14. The molecule has 0 N–H and O–H groups in total. The molecule has 1 aromatic heterocycles. The van der Waals surface area contributed by atoms with Gasteiger partial charge < -0.3 is 14.9 Å². The van der Waals surface area contributed by atoms with Crippen LogP contribution in [-0.2, 0) is 7.05 Å². The van der Waals surface area contributed by atoms with Crippen molar-refractivity contribution in [1.82, 2.24) is 9.55 Å². The Morgan fingerprint density at radius 1 is 1.56 bits per heavy atom. The molecule has 2 aromatic rings. The summed E-state index contributed by atoms with van der Waals surface area (Å²) >= 11 is 9.24. The second kappa shape index (κ2) is 4.95. The minimum Gasteiger partial charge on any atom is -0.432 e. The molecule has 8 heteroatoms. The van der Waals surface area contributed by atoms with Gasteiger partial charge in [0, 0.05) is 11.5 Å². The number of halogens is 2. The lowest BCUT2D eigenvalue weighted by Gasteiger charge is -2.07. The molecule has 0 aliphatic carbocycles. The van der Waals surface area contributed by atoms with Crippen molar-refractivity contribution < 1.29 is 9.66 Å². The summed E-state index contributed by atoms with van der Waals surface area (Å²) in [4.78, 5) is 13.8. The fourth-order valence-corrected chi connectivity index (χ4v) is 2.02. The lowest BCUT2D eigenvalue weighted by atomic mass is 10.3. The minimum absolute atomic E-state index is 0.0317. The lowest BCUT2D eigenvalue weighted by molar-refractivity contribution is -0.390. The van der Waals surface area contributed by atoms with Crippen molar-refractivity contribution in [3.8, 4) is 11.6 Å². The van der Waals surface area contributed by atoms with E-state index in [4.69, 9.17) is 16.3 Å². The summed E-state index contributed by atoms with van der Waals surface area (Å²) in [5.74, 6) is 0.00674. The number of hydrogen-bond donors (Lipinski definition) is 0. The number of aryl methyl sites for hydroxylation is 1. The van der Waals surface area contributed by atoms with Crippen LogP contribution in [0.5, 0.6) is 11.6 Å². The van der Waals surface area contributed by atoms with Crippen molar-refractivity contribution in [1.29, 1.82) is 0 Å². The average molecular weight is 333 g/mol. The Morgan fingerprint density at radius 2 is 2.28 bits per heavy atom. The SMILES string of the molecule is Cn1cnc([N+](=O)[O-])c1Oc1ccc(Br)cc1Cl. The van der Waals surface area contributed by atoms with E-state index in [-0.39, 0.29) is 11.7 Å². The van der Waals surface area contributed by atoms with E-state index in [1.165, 1.54) is 10.9 Å². The first-order chi connectivity index (χ1) is 8.49. The highest BCUT2D eigenvalue weighted by atomic mass is 79.9. The number of rotatable bonds is 3. The molecule has 94 valence electrons. The minimum atomic E-state index is -0.609. The maximum Gasteiger partial charge on any atom is 0.427 e. The summed E-state index contributed by atoms with van der Waals surface area (Å²) in [5.41, 5.74) is 0. The Hall–Kier alpha value is -1.60. The molecule has 0 unspecified atom stereocenters. The number of imidazole rings is 1. The summed E-state index contributed by atoms with van der Waals surface area (Å²) in [6.45, 7) is 0. The van der Waals surface area contributed by atoms with Gasteiger partial charge in [0.05, 0.1) is 5.02 Å². The van der Waals surface area contributed by atoms with Gasteiger partial charge in [0.2, 0.25) is 6.33 Å². The third-order valence-corrected chi connectivity index (χ3v) is 2.93. The molecular weight excluding hydrogens is 325 g/mol. The average Bonchev–Trinajstić information content (AvgIpc) is 2.64. The van der Waals surface area contributed by atoms with E-state index in [0.717, 1.165) is 4.47 Å². The Morgan fingerprint density at radius 3 is 2.89 bits per heavy atom. The van der Waals surface area contributed by atoms with Crippen molar-refractivity contribution in [2.45, 2.75) is 0 Å². The summed E-state index contributed by atoms with van der Waals surface area (Å²) in [5, 5.41) is 11.1. The Labute approximate surface area is 115 Å². The Bertz CT molecular complexity index is 614. The number of benzene rings is 1. The van der Waals surface area contributed by atoms with Crippen LogP contribution in [0.15, 0.2) is 29.0 Å². The fraction of sp³-hybridized carbons (Fsp3) is 0.100. The number of ether oxygens (including phenoxy) is 1. The summed E-state index contributed by atoms with van der Waals surface area (Å²) in [6.07, 6.45) is 1.31. The third kappa shape index (κ3) is 2.46. The van der Waals surface area contributed by atoms with E-state index < -0.39 is 4.92 Å². The largest absolute Gasteiger partial charge is 0.432 e. The first-order valence-electron chi connectivity index (χ1n) is 4.77. The quantitative estimate of drug-likeness (QED) is 0.637. The van der Waals surface area contributed by atoms with E-state index in [1.807, 2.05) is 0 Å². The zero-order chi connectivity index (χ0) is 13.3. The zero-order valence-electron chi connectivity index (χ0n) is 9.13. The lowest BCUT2D eigenvalue weighted by Crippen LogP contribution is -1.96. The highest BCUT2D eigenvalue weighted by molar-refractivity contribution is 9.10. The summed E-state index contributed by atoms with van der Waals surface area (Å²) in [6, 6.07) is 4.98. The number of aromatic nitrogens is 2. The molecule has 6 nitrogen and oxygen atoms in total. The fourth-order valence-electron chi connectivity index (χ4n) is 1.31. The van der Waals surface area contributed by atoms with Gasteiger partial charge in [0.25, 0.3) is 0 Å². The first kappa shape index (κ1) is 12.8. The number of hydrogen-bond acceptors (Lipinski definition) is 4. The van der Waals surface area contributed by atoms with Gasteiger partial charge in [-0.25, -0.2) is 0 Å². The van der Waals surface area contributed by atoms with E-state index in [0.29, 0.717) is 10.8 Å². The van der Waals surface area contributed by atoms with Crippen LogP contribution in [0.1, 0.15) is 0 Å². The molecule has 0 bridgehead atoms. The van der Waals surface area contributed by atoms with Gasteiger partial charge in [0.15, 0.2) is 0 Å². The van der Waals surface area contributed by atoms with Gasteiger partial charge in [-0.1, -0.05) is 27.5 Å². The predicted octanol–water partition coefficient (Wildman–Crippen LogP) is 3.54. The zero-order valence-corrected chi connectivity index (χ0v) is 11.5. The molecule has 1 heterocycles. The maximum absolute atomic E-state index is 10.8. The van der Waals surface area contributed by atoms with Gasteiger partial charge in [0.1, 0.15) is 5.75 Å². The normalized spacial score (nSPS) is 10.4. The standard InChI is InChI=1S/C10H7BrClN3O3/c1-14-5-13-9(15(16)17)10(14)18-8-3-2-6(11)4-7(8)12/h2-5H,1H3. The molecule has 0 saturated carbocycles. The van der Waals surface area contributed by atoms with Crippen LogP contribution < -0.4 is 4.74 Å². The van der Waals surface area contributed by atoms with Gasteiger partial charge in [-0.2, -0.15) is 0 Å². The van der Waals surface area contributed by atoms with Crippen LogP contribution in [0.4, 0.5) is 5.82 Å². The molecule has 0 atom stereocenters. The van der Waals surface area contributed by atoms with Crippen LogP contribution in [0.3, 0.4) is 0 Å². The Kier molecular flexibility index (Phi) is 3.53. The molecule has 0 radical (unpaired) electrons. The number of nitro groups is 1. The van der Waals surface area contributed by atoms with Gasteiger partial charge >= 0.3 is 11.7 Å². The van der Waals surface area contributed by atoms with Crippen LogP contribution >= 0.6 is 27.5 Å². The molecule has 0 aliphatic rings. The highest BCUT2D eigenvalue weighted by Crippen LogP contribution is 2.34. The molecule has 1 aromatic carbocycles. The molecule has 2 rings (SSSR count). The monoisotopic (exact) mass is 331 g/mol. The first-order valence-corrected chi connectivity index (χ1v) is 5.94. The van der Waals surface area contributed by atoms with Gasteiger partial charge in [-0.3, -0.25) is 4.57 Å². The molecule has 0 aliphatic heterocycles. The van der Waals surface area contributed by atoms with Crippen LogP contribution in [0.2, 0.25) is 5.02 Å². The van der Waals surface area contributed by atoms with Crippen molar-refractivity contribution >= 4 is 33.3 Å². The van der Waals surface area contributed by atoms with E-state index in [9.17, 15) is 10.1 Å². The molecular formula is C10H7BrClN3O3. The highest BCUT2D eigenvalue weighted by Gasteiger charge is 2.23. The van der Waals surface area contributed by atoms with Crippen molar-refractivity contribution in [2.75, 3.05) is 0 Å².